The highest BCUT2D eigenvalue weighted by atomic mass is 31.2. The highest BCUT2D eigenvalue weighted by molar-refractivity contribution is 7.54. The molecule has 0 aromatic rings. The van der Waals surface area contributed by atoms with Gasteiger partial charge in [0.25, 0.3) is 0 Å². The predicted octanol–water partition coefficient (Wildman–Crippen LogP) is 1.27. The molecule has 0 fully saturated rings. The number of nitrogens with two attached hydrogens (primary N) is 1. The van der Waals surface area contributed by atoms with Crippen molar-refractivity contribution in [2.45, 2.75) is 33.2 Å². The van der Waals surface area contributed by atoms with Crippen LogP contribution in [0.3, 0.4) is 0 Å². The lowest BCUT2D eigenvalue weighted by Crippen LogP contribution is -2.38. The minimum absolute atomic E-state index is 0.219. The molecule has 0 rings (SSSR count). The number of ether oxygens (including phenoxy) is 1. The lowest BCUT2D eigenvalue weighted by molar-refractivity contribution is -0.143. The first-order chi connectivity index (χ1) is 7.32. The smallest absolute Gasteiger partial charge is 0.338 e. The average Bonchev–Trinajstić information content (AvgIpc) is 2.14. The van der Waals surface area contributed by atoms with Gasteiger partial charge in [-0.25, -0.2) is 10.6 Å². The number of carbonyl (C=O) groups is 1. The van der Waals surface area contributed by atoms with E-state index in [9.17, 15) is 9.36 Å². The van der Waals surface area contributed by atoms with Gasteiger partial charge in [-0.15, -0.1) is 0 Å². The van der Waals surface area contributed by atoms with Crippen LogP contribution in [0.1, 0.15) is 27.2 Å². The van der Waals surface area contributed by atoms with E-state index in [2.05, 4.69) is 9.82 Å². The monoisotopic (exact) mass is 252 g/mol. The van der Waals surface area contributed by atoms with Gasteiger partial charge in [-0.3, -0.25) is 9.36 Å². The van der Waals surface area contributed by atoms with Crippen LogP contribution in [0.15, 0.2) is 0 Å². The number of hydrogen-bond acceptors (Lipinski definition) is 4. The molecule has 0 saturated heterocycles. The third-order valence-corrected chi connectivity index (χ3v) is 3.16. The molecule has 0 amide bonds. The first-order valence-electron chi connectivity index (χ1n) is 5.21. The quantitative estimate of drug-likeness (QED) is 0.523. The summed E-state index contributed by atoms with van der Waals surface area (Å²) in [4.78, 5) is 11.4. The summed E-state index contributed by atoms with van der Waals surface area (Å²) in [5.41, 5.74) is 5.41. The van der Waals surface area contributed by atoms with Crippen molar-refractivity contribution in [1.82, 2.24) is 5.09 Å². The molecule has 0 radical (unpaired) electrons. The summed E-state index contributed by atoms with van der Waals surface area (Å²) < 4.78 is 21.1. The summed E-state index contributed by atoms with van der Waals surface area (Å²) in [6.07, 6.45) is 0.487. The number of hydrogen-bond donors (Lipinski definition) is 2. The maximum absolute atomic E-state index is 11.7. The maximum Gasteiger partial charge on any atom is 0.338 e. The molecule has 0 heterocycles. The third-order valence-electron chi connectivity index (χ3n) is 1.85. The Balaban J connectivity index is 4.53. The van der Waals surface area contributed by atoms with E-state index in [0.717, 1.165) is 0 Å². The summed E-state index contributed by atoms with van der Waals surface area (Å²) in [5, 5.41) is 2.51. The molecule has 0 saturated carbocycles. The SMILES string of the molecule is CCOP(N)(=O)N[C@@H](CC(C)C)C(=O)OC. The van der Waals surface area contributed by atoms with Gasteiger partial charge in [-0.2, -0.15) is 0 Å². The molecule has 6 nitrogen and oxygen atoms in total. The van der Waals surface area contributed by atoms with Crippen LogP contribution in [-0.2, 0) is 18.6 Å². The van der Waals surface area contributed by atoms with E-state index in [1.165, 1.54) is 7.11 Å². The summed E-state index contributed by atoms with van der Waals surface area (Å²) in [7, 11) is -2.15. The van der Waals surface area contributed by atoms with Gasteiger partial charge in [0.05, 0.1) is 13.7 Å². The van der Waals surface area contributed by atoms with E-state index in [0.29, 0.717) is 6.42 Å². The van der Waals surface area contributed by atoms with Crippen molar-refractivity contribution < 1.29 is 18.6 Å². The molecule has 0 aliphatic carbocycles. The molecule has 0 aromatic heterocycles. The minimum atomic E-state index is -3.42. The Labute approximate surface area is 96.4 Å². The maximum atomic E-state index is 11.7. The van der Waals surface area contributed by atoms with Gasteiger partial charge in [0.2, 0.25) is 0 Å². The van der Waals surface area contributed by atoms with E-state index in [4.69, 9.17) is 10.0 Å². The summed E-state index contributed by atoms with van der Waals surface area (Å²) in [5.74, 6) is -0.239. The van der Waals surface area contributed by atoms with E-state index >= 15 is 0 Å². The van der Waals surface area contributed by atoms with Crippen LogP contribution in [-0.4, -0.2) is 25.7 Å². The van der Waals surface area contributed by atoms with Crippen molar-refractivity contribution in [3.8, 4) is 0 Å². The normalized spacial score (nSPS) is 16.9. The van der Waals surface area contributed by atoms with Crippen molar-refractivity contribution >= 4 is 13.6 Å². The highest BCUT2D eigenvalue weighted by Gasteiger charge is 2.28. The van der Waals surface area contributed by atoms with Gasteiger partial charge in [0.1, 0.15) is 6.04 Å². The molecule has 0 bridgehead atoms. The van der Waals surface area contributed by atoms with Crippen molar-refractivity contribution in [2.75, 3.05) is 13.7 Å². The van der Waals surface area contributed by atoms with Crippen molar-refractivity contribution in [3.05, 3.63) is 0 Å². The van der Waals surface area contributed by atoms with E-state index < -0.39 is 19.7 Å². The zero-order valence-electron chi connectivity index (χ0n) is 10.2. The molecule has 2 atom stereocenters. The zero-order chi connectivity index (χ0) is 12.8. The van der Waals surface area contributed by atoms with Crippen molar-refractivity contribution in [1.29, 1.82) is 0 Å². The standard InChI is InChI=1S/C9H21N2O4P/c1-5-15-16(10,13)11-8(6-7(2)3)9(12)14-4/h7-8H,5-6H2,1-4H3,(H3,10,11,13)/t8-,16?/m0/s1. The summed E-state index contributed by atoms with van der Waals surface area (Å²) in [6.45, 7) is 5.78. The number of nitrogens with one attached hydrogen (secondary N) is 1. The number of rotatable bonds is 7. The fraction of sp³-hybridized carbons (Fsp3) is 0.889. The fourth-order valence-corrected chi connectivity index (χ4v) is 2.36. The Morgan fingerprint density at radius 3 is 2.44 bits per heavy atom. The number of carbonyl (C=O) groups excluding carboxylic acids is 1. The average molecular weight is 252 g/mol. The van der Waals surface area contributed by atoms with Gasteiger partial charge in [0.15, 0.2) is 0 Å². The number of esters is 1. The van der Waals surface area contributed by atoms with Gasteiger partial charge in [-0.1, -0.05) is 13.8 Å². The van der Waals surface area contributed by atoms with Crippen molar-refractivity contribution in [2.24, 2.45) is 11.4 Å². The lowest BCUT2D eigenvalue weighted by Gasteiger charge is -2.21. The van der Waals surface area contributed by atoms with Crippen LogP contribution in [0.2, 0.25) is 0 Å². The molecule has 0 aromatic carbocycles. The van der Waals surface area contributed by atoms with E-state index in [1.807, 2.05) is 13.8 Å². The van der Waals surface area contributed by atoms with Crippen LogP contribution in [0, 0.1) is 5.92 Å². The Morgan fingerprint density at radius 1 is 1.50 bits per heavy atom. The first-order valence-corrected chi connectivity index (χ1v) is 6.90. The van der Waals surface area contributed by atoms with E-state index in [-0.39, 0.29) is 12.5 Å². The zero-order valence-corrected chi connectivity index (χ0v) is 11.1. The molecule has 0 aliphatic rings. The first kappa shape index (κ1) is 15.6. The largest absolute Gasteiger partial charge is 0.468 e. The van der Waals surface area contributed by atoms with Crippen LogP contribution in [0.5, 0.6) is 0 Å². The second-order valence-electron chi connectivity index (χ2n) is 3.85. The van der Waals surface area contributed by atoms with Crippen LogP contribution in [0.25, 0.3) is 0 Å². The third kappa shape index (κ3) is 6.23. The molecule has 96 valence electrons. The Hall–Kier alpha value is -0.420. The van der Waals surface area contributed by atoms with Gasteiger partial charge in [-0.05, 0) is 19.3 Å². The molecular weight excluding hydrogens is 231 g/mol. The summed E-state index contributed by atoms with van der Waals surface area (Å²) in [6, 6.07) is -0.701. The second kappa shape index (κ2) is 7.01. The number of methoxy groups -OCH3 is 1. The molecular formula is C9H21N2O4P. The molecule has 0 aliphatic heterocycles. The molecule has 3 N–H and O–H groups in total. The molecule has 7 heteroatoms. The minimum Gasteiger partial charge on any atom is -0.468 e. The fourth-order valence-electron chi connectivity index (χ4n) is 1.26. The van der Waals surface area contributed by atoms with Gasteiger partial charge in [0, 0.05) is 0 Å². The Kier molecular flexibility index (Phi) is 6.83. The van der Waals surface area contributed by atoms with Crippen LogP contribution >= 0.6 is 7.67 Å². The van der Waals surface area contributed by atoms with Crippen molar-refractivity contribution in [3.63, 3.8) is 0 Å². The van der Waals surface area contributed by atoms with Gasteiger partial charge >= 0.3 is 13.6 Å². The molecule has 16 heavy (non-hydrogen) atoms. The Bertz CT molecular complexity index is 270. The molecule has 0 spiro atoms. The van der Waals surface area contributed by atoms with Gasteiger partial charge < -0.3 is 9.26 Å². The van der Waals surface area contributed by atoms with Crippen LogP contribution < -0.4 is 10.6 Å². The lowest BCUT2D eigenvalue weighted by atomic mass is 10.1. The highest BCUT2D eigenvalue weighted by Crippen LogP contribution is 2.33. The topological polar surface area (TPSA) is 90.6 Å². The second-order valence-corrected chi connectivity index (χ2v) is 5.56. The Morgan fingerprint density at radius 2 is 2.06 bits per heavy atom. The van der Waals surface area contributed by atoms with Crippen LogP contribution in [0.4, 0.5) is 0 Å². The molecule has 1 unspecified atom stereocenters. The summed E-state index contributed by atoms with van der Waals surface area (Å²) >= 11 is 0. The van der Waals surface area contributed by atoms with E-state index in [1.54, 1.807) is 6.92 Å². The predicted molar refractivity (Wildman–Crippen MR) is 61.8 cm³/mol.